The molecule has 2 nitrogen and oxygen atoms in total. The van der Waals surface area contributed by atoms with Crippen LogP contribution in [0.2, 0.25) is 0 Å². The molecule has 0 radical (unpaired) electrons. The van der Waals surface area contributed by atoms with Gasteiger partial charge in [0.25, 0.3) is 0 Å². The van der Waals surface area contributed by atoms with Crippen molar-refractivity contribution in [3.05, 3.63) is 0 Å². The maximum Gasteiger partial charge on any atom is 0.0786 e. The van der Waals surface area contributed by atoms with Crippen LogP contribution in [-0.2, 0) is 0 Å². The van der Waals surface area contributed by atoms with Crippen molar-refractivity contribution in [2.45, 2.75) is 64.3 Å². The minimum Gasteiger partial charge on any atom is -0.335 e. The zero-order valence-corrected chi connectivity index (χ0v) is 12.3. The number of likely N-dealkylation sites (tertiary alicyclic amines) is 1. The summed E-state index contributed by atoms with van der Waals surface area (Å²) < 4.78 is 0. The van der Waals surface area contributed by atoms with Gasteiger partial charge in [0.2, 0.25) is 0 Å². The van der Waals surface area contributed by atoms with Gasteiger partial charge in [0.1, 0.15) is 0 Å². The molecule has 1 heterocycles. The zero-order valence-electron chi connectivity index (χ0n) is 12.3. The third kappa shape index (κ3) is 6.42. The molecule has 1 rings (SSSR count). The summed E-state index contributed by atoms with van der Waals surface area (Å²) in [6.07, 6.45) is 11.4. The monoisotopic (exact) mass is 241 g/mol. The second kappa shape index (κ2) is 8.93. The van der Waals surface area contributed by atoms with E-state index in [4.69, 9.17) is 0 Å². The van der Waals surface area contributed by atoms with Crippen molar-refractivity contribution in [2.24, 2.45) is 0 Å². The average Bonchev–Trinajstić information content (AvgIpc) is 2.34. The van der Waals surface area contributed by atoms with E-state index in [0.29, 0.717) is 0 Å². The van der Waals surface area contributed by atoms with Gasteiger partial charge >= 0.3 is 0 Å². The first-order valence-corrected chi connectivity index (χ1v) is 7.74. The Balaban J connectivity index is 1.95. The van der Waals surface area contributed by atoms with Crippen LogP contribution in [0.1, 0.15) is 58.3 Å². The molecule has 0 aromatic carbocycles. The Labute approximate surface area is 108 Å². The van der Waals surface area contributed by atoms with Crippen molar-refractivity contribution in [3.63, 3.8) is 0 Å². The second-order valence-corrected chi connectivity index (χ2v) is 5.96. The maximum absolute atomic E-state index is 2.40. The summed E-state index contributed by atoms with van der Waals surface area (Å²) >= 11 is 0. The molecular weight excluding hydrogens is 208 g/mol. The molecule has 0 saturated carbocycles. The van der Waals surface area contributed by atoms with Crippen LogP contribution >= 0.6 is 0 Å². The molecule has 0 aromatic rings. The number of rotatable bonds is 8. The van der Waals surface area contributed by atoms with Crippen LogP contribution < -0.4 is 4.90 Å². The molecule has 102 valence electrons. The quantitative estimate of drug-likeness (QED) is 0.638. The number of unbranched alkanes of at least 4 members (excludes halogenated alkanes) is 5. The van der Waals surface area contributed by atoms with Crippen molar-refractivity contribution >= 4 is 0 Å². The number of quaternary nitrogens is 1. The predicted molar refractivity (Wildman–Crippen MR) is 75.6 cm³/mol. The van der Waals surface area contributed by atoms with Crippen molar-refractivity contribution in [1.29, 1.82) is 0 Å². The molecule has 0 amide bonds. The lowest BCUT2D eigenvalue weighted by Crippen LogP contribution is -3.13. The first-order chi connectivity index (χ1) is 8.24. The largest absolute Gasteiger partial charge is 0.335 e. The van der Waals surface area contributed by atoms with Gasteiger partial charge in [0.05, 0.1) is 19.6 Å². The van der Waals surface area contributed by atoms with Gasteiger partial charge in [-0.05, 0) is 26.9 Å². The maximum atomic E-state index is 2.40. The summed E-state index contributed by atoms with van der Waals surface area (Å²) in [6, 6.07) is 0.850. The molecule has 1 aliphatic rings. The minimum absolute atomic E-state index is 0.850. The van der Waals surface area contributed by atoms with Crippen LogP contribution in [0.15, 0.2) is 0 Å². The van der Waals surface area contributed by atoms with Gasteiger partial charge in [-0.1, -0.05) is 32.6 Å². The van der Waals surface area contributed by atoms with Gasteiger partial charge in [-0.15, -0.1) is 0 Å². The molecule has 1 fully saturated rings. The van der Waals surface area contributed by atoms with Gasteiger partial charge < -0.3 is 9.80 Å². The summed E-state index contributed by atoms with van der Waals surface area (Å²) in [6.45, 7) is 6.51. The number of hydrogen-bond acceptors (Lipinski definition) is 1. The van der Waals surface area contributed by atoms with Crippen molar-refractivity contribution < 1.29 is 4.90 Å². The van der Waals surface area contributed by atoms with Crippen LogP contribution in [0.4, 0.5) is 0 Å². The van der Waals surface area contributed by atoms with Crippen LogP contribution in [0.25, 0.3) is 0 Å². The summed E-state index contributed by atoms with van der Waals surface area (Å²) in [5.41, 5.74) is 0. The second-order valence-electron chi connectivity index (χ2n) is 5.96. The molecule has 1 saturated heterocycles. The standard InChI is InChI=1S/C15H32N2/c1-4-5-6-7-8-9-12-17-13-10-15(11-14-17)16(2)3/h15H,4-14H2,1-3H3/p+1. The van der Waals surface area contributed by atoms with Crippen LogP contribution in [0.3, 0.4) is 0 Å². The van der Waals surface area contributed by atoms with E-state index in [1.54, 1.807) is 0 Å². The number of nitrogens with one attached hydrogen (secondary N) is 1. The molecule has 0 aliphatic carbocycles. The van der Waals surface area contributed by atoms with Gasteiger partial charge in [-0.25, -0.2) is 0 Å². The molecule has 0 unspecified atom stereocenters. The molecule has 1 aliphatic heterocycles. The van der Waals surface area contributed by atoms with Gasteiger partial charge in [-0.2, -0.15) is 0 Å². The Hall–Kier alpha value is -0.0800. The smallest absolute Gasteiger partial charge is 0.0786 e. The molecule has 0 aromatic heterocycles. The van der Waals surface area contributed by atoms with Crippen LogP contribution in [0.5, 0.6) is 0 Å². The van der Waals surface area contributed by atoms with E-state index in [1.165, 1.54) is 71.0 Å². The van der Waals surface area contributed by atoms with E-state index in [0.717, 1.165) is 6.04 Å². The first-order valence-electron chi connectivity index (χ1n) is 7.74. The Bertz CT molecular complexity index is 172. The Kier molecular flexibility index (Phi) is 7.87. The highest BCUT2D eigenvalue weighted by Gasteiger charge is 2.22. The van der Waals surface area contributed by atoms with Gasteiger partial charge in [-0.3, -0.25) is 0 Å². The van der Waals surface area contributed by atoms with Crippen molar-refractivity contribution in [2.75, 3.05) is 33.7 Å². The number of hydrogen-bond donors (Lipinski definition) is 1. The zero-order chi connectivity index (χ0) is 12.5. The van der Waals surface area contributed by atoms with E-state index in [9.17, 15) is 0 Å². The van der Waals surface area contributed by atoms with Gasteiger partial charge in [0, 0.05) is 18.9 Å². The third-order valence-corrected chi connectivity index (χ3v) is 4.28. The fourth-order valence-electron chi connectivity index (χ4n) is 2.93. The van der Waals surface area contributed by atoms with Gasteiger partial charge in [0.15, 0.2) is 0 Å². The van der Waals surface area contributed by atoms with Crippen LogP contribution in [-0.4, -0.2) is 44.7 Å². The Morgan fingerprint density at radius 3 is 2.12 bits per heavy atom. The molecule has 0 spiro atoms. The lowest BCUT2D eigenvalue weighted by molar-refractivity contribution is -0.905. The SMILES string of the molecule is CCCCCCCC[NH+]1CCC(N(C)C)CC1. The van der Waals surface area contributed by atoms with Crippen molar-refractivity contribution in [3.8, 4) is 0 Å². The fourth-order valence-corrected chi connectivity index (χ4v) is 2.93. The Morgan fingerprint density at radius 1 is 0.941 bits per heavy atom. The Morgan fingerprint density at radius 2 is 1.53 bits per heavy atom. The topological polar surface area (TPSA) is 7.68 Å². The average molecular weight is 241 g/mol. The summed E-state index contributed by atoms with van der Waals surface area (Å²) in [5, 5.41) is 0. The molecule has 1 N–H and O–H groups in total. The van der Waals surface area contributed by atoms with Crippen LogP contribution in [0, 0.1) is 0 Å². The lowest BCUT2D eigenvalue weighted by Gasteiger charge is -2.32. The first kappa shape index (κ1) is 15.0. The summed E-state index contributed by atoms with van der Waals surface area (Å²) in [4.78, 5) is 4.26. The van der Waals surface area contributed by atoms with E-state index in [-0.39, 0.29) is 0 Å². The fraction of sp³-hybridized carbons (Fsp3) is 1.00. The minimum atomic E-state index is 0.850. The van der Waals surface area contributed by atoms with E-state index >= 15 is 0 Å². The predicted octanol–water partition coefficient (Wildman–Crippen LogP) is 1.96. The van der Waals surface area contributed by atoms with E-state index < -0.39 is 0 Å². The molecule has 2 heteroatoms. The summed E-state index contributed by atoms with van der Waals surface area (Å²) in [7, 11) is 4.45. The van der Waals surface area contributed by atoms with E-state index in [2.05, 4.69) is 25.9 Å². The molecular formula is C15H33N2+. The highest BCUT2D eigenvalue weighted by Crippen LogP contribution is 2.06. The molecule has 0 atom stereocenters. The highest BCUT2D eigenvalue weighted by atomic mass is 15.2. The van der Waals surface area contributed by atoms with Crippen molar-refractivity contribution in [1.82, 2.24) is 4.90 Å². The number of piperidine rings is 1. The normalized spacial score (nSPS) is 25.4. The lowest BCUT2D eigenvalue weighted by atomic mass is 10.0. The molecule has 17 heavy (non-hydrogen) atoms. The summed E-state index contributed by atoms with van der Waals surface area (Å²) in [5.74, 6) is 0. The van der Waals surface area contributed by atoms with E-state index in [1.807, 2.05) is 4.90 Å². The highest BCUT2D eigenvalue weighted by molar-refractivity contribution is 4.68. The third-order valence-electron chi connectivity index (χ3n) is 4.28. The molecule has 0 bridgehead atoms. The number of nitrogens with zero attached hydrogens (tertiary/aromatic N) is 1.